The number of nitrogens with one attached hydrogen (secondary N) is 1. The van der Waals surface area contributed by atoms with Crippen molar-refractivity contribution in [2.24, 2.45) is 11.3 Å². The lowest BCUT2D eigenvalue weighted by Crippen LogP contribution is -2.23. The number of hydrogen-bond donors (Lipinski definition) is 1. The van der Waals surface area contributed by atoms with Crippen LogP contribution in [0.3, 0.4) is 0 Å². The monoisotopic (exact) mass is 221 g/mol. The van der Waals surface area contributed by atoms with Crippen LogP contribution in [-0.2, 0) is 0 Å². The van der Waals surface area contributed by atoms with Crippen molar-refractivity contribution in [2.75, 3.05) is 0 Å². The van der Waals surface area contributed by atoms with Gasteiger partial charge in [-0.2, -0.15) is 0 Å². The summed E-state index contributed by atoms with van der Waals surface area (Å²) in [5.41, 5.74) is 2.61. The van der Waals surface area contributed by atoms with Gasteiger partial charge >= 0.3 is 0 Å². The fraction of sp³-hybridized carbons (Fsp3) is 0.733. The van der Waals surface area contributed by atoms with Crippen LogP contribution in [0.15, 0.2) is 24.6 Å². The molecule has 0 amide bonds. The Kier molecular flexibility index (Phi) is 4.64. The summed E-state index contributed by atoms with van der Waals surface area (Å²) in [6.45, 7) is 15.0. The minimum absolute atomic E-state index is 0.303. The first kappa shape index (κ1) is 13.3. The van der Waals surface area contributed by atoms with Crippen LogP contribution in [0.1, 0.15) is 59.3 Å². The molecule has 0 aliphatic heterocycles. The van der Waals surface area contributed by atoms with Gasteiger partial charge < -0.3 is 5.32 Å². The first-order chi connectivity index (χ1) is 7.38. The number of allylic oxidation sites excluding steroid dienone is 2. The summed E-state index contributed by atoms with van der Waals surface area (Å²) < 4.78 is 0. The van der Waals surface area contributed by atoms with E-state index >= 15 is 0 Å². The van der Waals surface area contributed by atoms with E-state index in [-0.39, 0.29) is 0 Å². The van der Waals surface area contributed by atoms with E-state index in [1.807, 2.05) is 0 Å². The zero-order valence-electron chi connectivity index (χ0n) is 11.2. The molecule has 0 heterocycles. The first-order valence-electron chi connectivity index (χ1n) is 6.52. The highest BCUT2D eigenvalue weighted by molar-refractivity contribution is 5.09. The molecule has 1 heteroatoms. The summed E-state index contributed by atoms with van der Waals surface area (Å²) in [6, 6.07) is 0. The molecule has 0 unspecified atom stereocenters. The highest BCUT2D eigenvalue weighted by Crippen LogP contribution is 2.29. The van der Waals surface area contributed by atoms with Crippen LogP contribution < -0.4 is 5.32 Å². The lowest BCUT2D eigenvalue weighted by Gasteiger charge is -2.27. The van der Waals surface area contributed by atoms with Crippen LogP contribution >= 0.6 is 0 Å². The Balaban J connectivity index is 2.35. The molecule has 1 N–H and O–H groups in total. The third-order valence-corrected chi connectivity index (χ3v) is 3.18. The molecule has 1 nitrogen and oxygen atoms in total. The van der Waals surface area contributed by atoms with E-state index < -0.39 is 0 Å². The summed E-state index contributed by atoms with van der Waals surface area (Å²) in [4.78, 5) is 0. The van der Waals surface area contributed by atoms with Crippen molar-refractivity contribution in [3.8, 4) is 0 Å². The van der Waals surface area contributed by atoms with Crippen molar-refractivity contribution in [3.05, 3.63) is 24.6 Å². The molecular formula is C15H27N. The summed E-state index contributed by atoms with van der Waals surface area (Å²) in [6.07, 6.45) is 7.73. The maximum atomic E-state index is 4.18. The van der Waals surface area contributed by atoms with Gasteiger partial charge in [0.25, 0.3) is 0 Å². The summed E-state index contributed by atoms with van der Waals surface area (Å²) in [5, 5.41) is 3.42. The molecule has 92 valence electrons. The van der Waals surface area contributed by atoms with Crippen molar-refractivity contribution >= 4 is 0 Å². The quantitative estimate of drug-likeness (QED) is 0.730. The molecule has 0 aromatic heterocycles. The Morgan fingerprint density at radius 1 is 1.12 bits per heavy atom. The van der Waals surface area contributed by atoms with Gasteiger partial charge in [-0.05, 0) is 30.6 Å². The van der Waals surface area contributed by atoms with Crippen molar-refractivity contribution in [2.45, 2.75) is 59.3 Å². The van der Waals surface area contributed by atoms with Crippen molar-refractivity contribution in [3.63, 3.8) is 0 Å². The number of hydrogen-bond acceptors (Lipinski definition) is 1. The minimum Gasteiger partial charge on any atom is -0.363 e. The lowest BCUT2D eigenvalue weighted by atomic mass is 9.86. The molecule has 0 bridgehead atoms. The van der Waals surface area contributed by atoms with Crippen LogP contribution in [0.4, 0.5) is 0 Å². The molecule has 0 aromatic rings. The van der Waals surface area contributed by atoms with Gasteiger partial charge in [0, 0.05) is 11.4 Å². The van der Waals surface area contributed by atoms with E-state index in [4.69, 9.17) is 0 Å². The second-order valence-electron chi connectivity index (χ2n) is 6.33. The Bertz CT molecular complexity index is 251. The topological polar surface area (TPSA) is 12.0 Å². The van der Waals surface area contributed by atoms with Gasteiger partial charge in [0.05, 0.1) is 0 Å². The van der Waals surface area contributed by atoms with Crippen LogP contribution in [-0.4, -0.2) is 0 Å². The third kappa shape index (κ3) is 4.87. The molecule has 16 heavy (non-hydrogen) atoms. The van der Waals surface area contributed by atoms with Crippen molar-refractivity contribution in [1.82, 2.24) is 5.32 Å². The molecule has 0 radical (unpaired) electrons. The molecule has 0 saturated heterocycles. The van der Waals surface area contributed by atoms with E-state index in [9.17, 15) is 0 Å². The fourth-order valence-corrected chi connectivity index (χ4v) is 2.46. The second kappa shape index (κ2) is 5.56. The zero-order chi connectivity index (χ0) is 12.2. The third-order valence-electron chi connectivity index (χ3n) is 3.18. The van der Waals surface area contributed by atoms with Crippen LogP contribution in [0.25, 0.3) is 0 Å². The molecule has 1 fully saturated rings. The molecule has 1 rings (SSSR count). The SMILES string of the molecule is C=C(CC(C)(C)C)NC(=C)C1CCCCC1. The second-order valence-corrected chi connectivity index (χ2v) is 6.33. The molecule has 1 saturated carbocycles. The van der Waals surface area contributed by atoms with Gasteiger partial charge in [-0.3, -0.25) is 0 Å². The molecule has 1 aliphatic rings. The predicted molar refractivity (Wildman–Crippen MR) is 72.1 cm³/mol. The Morgan fingerprint density at radius 3 is 2.19 bits per heavy atom. The van der Waals surface area contributed by atoms with Gasteiger partial charge in [-0.25, -0.2) is 0 Å². The van der Waals surface area contributed by atoms with Crippen molar-refractivity contribution < 1.29 is 0 Å². The number of rotatable bonds is 4. The maximum Gasteiger partial charge on any atom is 0.0107 e. The van der Waals surface area contributed by atoms with E-state index in [1.165, 1.54) is 37.8 Å². The van der Waals surface area contributed by atoms with Crippen LogP contribution in [0, 0.1) is 11.3 Å². The standard InChI is InChI=1S/C15H27N/c1-12(11-15(3,4)5)16-13(2)14-9-7-6-8-10-14/h14,16H,1-2,6-11H2,3-5H3. The average Bonchev–Trinajstić information content (AvgIpc) is 2.16. The summed E-state index contributed by atoms with van der Waals surface area (Å²) in [5.74, 6) is 0.672. The molecule has 1 aliphatic carbocycles. The maximum absolute atomic E-state index is 4.18. The van der Waals surface area contributed by atoms with Gasteiger partial charge in [-0.15, -0.1) is 0 Å². The minimum atomic E-state index is 0.303. The van der Waals surface area contributed by atoms with E-state index in [2.05, 4.69) is 39.2 Å². The van der Waals surface area contributed by atoms with E-state index in [1.54, 1.807) is 0 Å². The average molecular weight is 221 g/mol. The van der Waals surface area contributed by atoms with Crippen molar-refractivity contribution in [1.29, 1.82) is 0 Å². The zero-order valence-corrected chi connectivity index (χ0v) is 11.2. The van der Waals surface area contributed by atoms with E-state index in [0.717, 1.165) is 12.1 Å². The van der Waals surface area contributed by atoms with Gasteiger partial charge in [-0.1, -0.05) is 53.2 Å². The molecule has 0 atom stereocenters. The first-order valence-corrected chi connectivity index (χ1v) is 6.52. The Hall–Kier alpha value is -0.720. The van der Waals surface area contributed by atoms with Crippen LogP contribution in [0.5, 0.6) is 0 Å². The lowest BCUT2D eigenvalue weighted by molar-refractivity contribution is 0.376. The van der Waals surface area contributed by atoms with E-state index in [0.29, 0.717) is 11.3 Å². The summed E-state index contributed by atoms with van der Waals surface area (Å²) in [7, 11) is 0. The van der Waals surface area contributed by atoms with Gasteiger partial charge in [0.15, 0.2) is 0 Å². The molecule has 0 aromatic carbocycles. The highest BCUT2D eigenvalue weighted by atomic mass is 14.9. The van der Waals surface area contributed by atoms with Crippen LogP contribution in [0.2, 0.25) is 0 Å². The fourth-order valence-electron chi connectivity index (χ4n) is 2.46. The predicted octanol–water partition coefficient (Wildman–Crippen LogP) is 4.62. The highest BCUT2D eigenvalue weighted by Gasteiger charge is 2.18. The normalized spacial score (nSPS) is 18.2. The Morgan fingerprint density at radius 2 is 1.69 bits per heavy atom. The summed E-state index contributed by atoms with van der Waals surface area (Å²) >= 11 is 0. The van der Waals surface area contributed by atoms with Gasteiger partial charge in [0.1, 0.15) is 0 Å². The largest absolute Gasteiger partial charge is 0.363 e. The van der Waals surface area contributed by atoms with Gasteiger partial charge in [0.2, 0.25) is 0 Å². The molecule has 0 spiro atoms. The smallest absolute Gasteiger partial charge is 0.0107 e. The Labute approximate surface area is 101 Å². The molecular weight excluding hydrogens is 194 g/mol.